The van der Waals surface area contributed by atoms with Crippen molar-refractivity contribution < 1.29 is 4.42 Å². The predicted octanol–water partition coefficient (Wildman–Crippen LogP) is 0.437. The third kappa shape index (κ3) is 4.20. The standard InChI is InChI=1S/C12H15N5O/c1-15-12(10(7-13)8-14)17-5-4-16-9-11-3-2-6-18-11/h2-3,6,15-17H,4-5,9H2,1H3. The lowest BCUT2D eigenvalue weighted by molar-refractivity contribution is 0.482. The van der Waals surface area contributed by atoms with Gasteiger partial charge in [0.1, 0.15) is 23.7 Å². The first kappa shape index (κ1) is 13.6. The van der Waals surface area contributed by atoms with Gasteiger partial charge in [0.2, 0.25) is 0 Å². The molecule has 0 aliphatic carbocycles. The molecular weight excluding hydrogens is 230 g/mol. The first-order valence-electron chi connectivity index (χ1n) is 5.51. The van der Waals surface area contributed by atoms with E-state index in [2.05, 4.69) is 16.0 Å². The van der Waals surface area contributed by atoms with Crippen molar-refractivity contribution in [2.24, 2.45) is 0 Å². The zero-order chi connectivity index (χ0) is 13.2. The van der Waals surface area contributed by atoms with Gasteiger partial charge in [0.25, 0.3) is 0 Å². The molecule has 0 atom stereocenters. The van der Waals surface area contributed by atoms with Gasteiger partial charge in [-0.25, -0.2) is 0 Å². The molecule has 0 saturated carbocycles. The van der Waals surface area contributed by atoms with Gasteiger partial charge in [-0.2, -0.15) is 10.5 Å². The third-order valence-corrected chi connectivity index (χ3v) is 2.21. The number of rotatable bonds is 7. The van der Waals surface area contributed by atoms with Crippen LogP contribution >= 0.6 is 0 Å². The molecule has 18 heavy (non-hydrogen) atoms. The summed E-state index contributed by atoms with van der Waals surface area (Å²) in [4.78, 5) is 0. The average Bonchev–Trinajstić information content (AvgIpc) is 2.90. The first-order valence-corrected chi connectivity index (χ1v) is 5.51. The Kier molecular flexibility index (Phi) is 5.88. The Morgan fingerprint density at radius 3 is 2.67 bits per heavy atom. The van der Waals surface area contributed by atoms with Crippen LogP contribution in [0.15, 0.2) is 34.2 Å². The van der Waals surface area contributed by atoms with E-state index in [-0.39, 0.29) is 5.57 Å². The van der Waals surface area contributed by atoms with E-state index in [4.69, 9.17) is 14.9 Å². The maximum Gasteiger partial charge on any atom is 0.169 e. The van der Waals surface area contributed by atoms with Gasteiger partial charge in [0, 0.05) is 20.1 Å². The molecule has 0 radical (unpaired) electrons. The molecular formula is C12H15N5O. The summed E-state index contributed by atoms with van der Waals surface area (Å²) in [6.45, 7) is 1.94. The Morgan fingerprint density at radius 2 is 2.11 bits per heavy atom. The molecule has 0 fully saturated rings. The van der Waals surface area contributed by atoms with Crippen molar-refractivity contribution in [2.75, 3.05) is 20.1 Å². The van der Waals surface area contributed by atoms with E-state index in [1.807, 2.05) is 24.3 Å². The van der Waals surface area contributed by atoms with Gasteiger partial charge >= 0.3 is 0 Å². The van der Waals surface area contributed by atoms with E-state index in [0.29, 0.717) is 25.5 Å². The molecule has 1 aromatic rings. The van der Waals surface area contributed by atoms with Crippen LogP contribution < -0.4 is 16.0 Å². The van der Waals surface area contributed by atoms with Crippen molar-refractivity contribution in [3.05, 3.63) is 35.6 Å². The second-order valence-electron chi connectivity index (χ2n) is 3.41. The van der Waals surface area contributed by atoms with Gasteiger partial charge in [-0.15, -0.1) is 0 Å². The number of nitrogens with zero attached hydrogens (tertiary/aromatic N) is 2. The molecule has 3 N–H and O–H groups in total. The van der Waals surface area contributed by atoms with E-state index >= 15 is 0 Å². The van der Waals surface area contributed by atoms with Crippen LogP contribution in [0.2, 0.25) is 0 Å². The molecule has 0 saturated heterocycles. The number of nitriles is 2. The number of allylic oxidation sites excluding steroid dienone is 1. The van der Waals surface area contributed by atoms with Crippen LogP contribution in [0, 0.1) is 22.7 Å². The van der Waals surface area contributed by atoms with Crippen LogP contribution in [0.25, 0.3) is 0 Å². The maximum absolute atomic E-state index is 8.72. The highest BCUT2D eigenvalue weighted by molar-refractivity contribution is 5.38. The lowest BCUT2D eigenvalue weighted by atomic mass is 10.3. The fourth-order valence-corrected chi connectivity index (χ4v) is 1.34. The Morgan fingerprint density at radius 1 is 1.33 bits per heavy atom. The van der Waals surface area contributed by atoms with Crippen molar-refractivity contribution in [3.8, 4) is 12.1 Å². The maximum atomic E-state index is 8.72. The van der Waals surface area contributed by atoms with Crippen LogP contribution in [0.3, 0.4) is 0 Å². The molecule has 0 aliphatic rings. The number of hydrogen-bond acceptors (Lipinski definition) is 6. The number of furan rings is 1. The molecule has 1 rings (SSSR count). The van der Waals surface area contributed by atoms with Gasteiger partial charge in [0.15, 0.2) is 5.57 Å². The molecule has 1 aromatic heterocycles. The second kappa shape index (κ2) is 7.77. The van der Waals surface area contributed by atoms with Gasteiger partial charge in [-0.1, -0.05) is 0 Å². The molecule has 0 bridgehead atoms. The fraction of sp³-hybridized carbons (Fsp3) is 0.333. The largest absolute Gasteiger partial charge is 0.468 e. The molecule has 6 nitrogen and oxygen atoms in total. The van der Waals surface area contributed by atoms with E-state index in [1.165, 1.54) is 0 Å². The summed E-state index contributed by atoms with van der Waals surface area (Å²) in [7, 11) is 1.66. The zero-order valence-corrected chi connectivity index (χ0v) is 10.2. The van der Waals surface area contributed by atoms with Crippen molar-refractivity contribution in [1.29, 1.82) is 10.5 Å². The fourth-order valence-electron chi connectivity index (χ4n) is 1.34. The van der Waals surface area contributed by atoms with Gasteiger partial charge in [-0.05, 0) is 12.1 Å². The quantitative estimate of drug-likeness (QED) is 0.476. The van der Waals surface area contributed by atoms with Crippen molar-refractivity contribution in [3.63, 3.8) is 0 Å². The van der Waals surface area contributed by atoms with Crippen LogP contribution in [-0.2, 0) is 6.54 Å². The molecule has 0 aliphatic heterocycles. The van der Waals surface area contributed by atoms with Crippen LogP contribution in [0.5, 0.6) is 0 Å². The molecule has 0 spiro atoms. The summed E-state index contributed by atoms with van der Waals surface area (Å²) in [5.74, 6) is 1.31. The lowest BCUT2D eigenvalue weighted by Gasteiger charge is -2.10. The molecule has 0 aromatic carbocycles. The first-order chi connectivity index (χ1) is 8.81. The third-order valence-electron chi connectivity index (χ3n) is 2.21. The Labute approximate surface area is 106 Å². The van der Waals surface area contributed by atoms with Crippen molar-refractivity contribution >= 4 is 0 Å². The van der Waals surface area contributed by atoms with Gasteiger partial charge in [0.05, 0.1) is 12.8 Å². The van der Waals surface area contributed by atoms with Gasteiger partial charge < -0.3 is 20.4 Å². The van der Waals surface area contributed by atoms with E-state index in [9.17, 15) is 0 Å². The highest BCUT2D eigenvalue weighted by Gasteiger charge is 2.02. The molecule has 1 heterocycles. The summed E-state index contributed by atoms with van der Waals surface area (Å²) in [5.41, 5.74) is 0.0449. The molecule has 6 heteroatoms. The average molecular weight is 245 g/mol. The monoisotopic (exact) mass is 245 g/mol. The summed E-state index contributed by atoms with van der Waals surface area (Å²) in [5, 5.41) is 26.4. The topological polar surface area (TPSA) is 96.8 Å². The normalized spacial score (nSPS) is 9.06. The van der Waals surface area contributed by atoms with Crippen molar-refractivity contribution in [1.82, 2.24) is 16.0 Å². The Balaban J connectivity index is 2.27. The van der Waals surface area contributed by atoms with E-state index in [1.54, 1.807) is 13.3 Å². The Bertz CT molecular complexity index is 448. The van der Waals surface area contributed by atoms with Crippen LogP contribution in [0.4, 0.5) is 0 Å². The lowest BCUT2D eigenvalue weighted by Crippen LogP contribution is -2.31. The van der Waals surface area contributed by atoms with Crippen LogP contribution in [0.1, 0.15) is 5.76 Å². The number of nitrogens with one attached hydrogen (secondary N) is 3. The van der Waals surface area contributed by atoms with E-state index in [0.717, 1.165) is 5.76 Å². The molecule has 0 unspecified atom stereocenters. The minimum atomic E-state index is 0.0449. The Hall–Kier alpha value is -2.44. The predicted molar refractivity (Wildman–Crippen MR) is 65.7 cm³/mol. The minimum Gasteiger partial charge on any atom is -0.468 e. The zero-order valence-electron chi connectivity index (χ0n) is 10.2. The number of hydrogen-bond donors (Lipinski definition) is 3. The summed E-state index contributed by atoms with van der Waals surface area (Å²) in [6.07, 6.45) is 1.63. The molecule has 0 amide bonds. The smallest absolute Gasteiger partial charge is 0.169 e. The molecule has 94 valence electrons. The summed E-state index contributed by atoms with van der Waals surface area (Å²) < 4.78 is 5.16. The minimum absolute atomic E-state index is 0.0449. The van der Waals surface area contributed by atoms with Gasteiger partial charge in [-0.3, -0.25) is 0 Å². The highest BCUT2D eigenvalue weighted by Crippen LogP contribution is 1.98. The van der Waals surface area contributed by atoms with Crippen LogP contribution in [-0.4, -0.2) is 20.1 Å². The van der Waals surface area contributed by atoms with Crippen molar-refractivity contribution in [2.45, 2.75) is 6.54 Å². The summed E-state index contributed by atoms with van der Waals surface area (Å²) in [6, 6.07) is 7.38. The highest BCUT2D eigenvalue weighted by atomic mass is 16.3. The SMILES string of the molecule is CNC(NCCNCc1ccco1)=C(C#N)C#N. The second-order valence-corrected chi connectivity index (χ2v) is 3.41. The van der Waals surface area contributed by atoms with E-state index < -0.39 is 0 Å². The summed E-state index contributed by atoms with van der Waals surface area (Å²) >= 11 is 0.